The van der Waals surface area contributed by atoms with Crippen molar-refractivity contribution in [2.45, 2.75) is 83.6 Å². The zero-order chi connectivity index (χ0) is 29.5. The number of carbonyl (C=O) groups excluding carboxylic acids is 2. The van der Waals surface area contributed by atoms with Crippen molar-refractivity contribution in [2.75, 3.05) is 39.5 Å². The van der Waals surface area contributed by atoms with Crippen LogP contribution in [0.4, 0.5) is 0 Å². The van der Waals surface area contributed by atoms with Gasteiger partial charge in [-0.2, -0.15) is 0 Å². The second-order valence-electron chi connectivity index (χ2n) is 12.0. The van der Waals surface area contributed by atoms with Crippen LogP contribution in [0.3, 0.4) is 0 Å². The van der Waals surface area contributed by atoms with Gasteiger partial charge >= 0.3 is 0 Å². The highest BCUT2D eigenvalue weighted by molar-refractivity contribution is 5.96. The topological polar surface area (TPSA) is 118 Å². The summed E-state index contributed by atoms with van der Waals surface area (Å²) in [6, 6.07) is 6.67. The highest BCUT2D eigenvalue weighted by Crippen LogP contribution is 2.47. The van der Waals surface area contributed by atoms with Gasteiger partial charge in [0.1, 0.15) is 24.6 Å². The summed E-state index contributed by atoms with van der Waals surface area (Å²) in [4.78, 5) is 28.8. The zero-order valence-corrected chi connectivity index (χ0v) is 25.0. The Labute approximate surface area is 244 Å². The first kappa shape index (κ1) is 31.5. The predicted molar refractivity (Wildman–Crippen MR) is 155 cm³/mol. The fourth-order valence-electron chi connectivity index (χ4n) is 6.68. The molecule has 1 aliphatic heterocycles. The van der Waals surface area contributed by atoms with Crippen LogP contribution in [0.2, 0.25) is 0 Å². The van der Waals surface area contributed by atoms with Gasteiger partial charge in [0.25, 0.3) is 0 Å². The molecule has 1 aromatic rings. The number of hydrogen-bond donors (Lipinski definition) is 3. The third-order valence-corrected chi connectivity index (χ3v) is 8.83. The molecule has 1 heterocycles. The third kappa shape index (κ3) is 7.31. The van der Waals surface area contributed by atoms with Crippen LogP contribution in [0, 0.1) is 17.8 Å². The van der Waals surface area contributed by atoms with E-state index in [0.29, 0.717) is 55.3 Å². The van der Waals surface area contributed by atoms with Gasteiger partial charge in [-0.1, -0.05) is 45.4 Å². The monoisotopic (exact) mass is 572 g/mol. The zero-order valence-electron chi connectivity index (χ0n) is 25.0. The molecular weight excluding hydrogens is 524 g/mol. The van der Waals surface area contributed by atoms with Crippen molar-refractivity contribution in [3.05, 3.63) is 41.5 Å². The Morgan fingerprint density at radius 1 is 1.22 bits per heavy atom. The maximum Gasteiger partial charge on any atom is 0.249 e. The normalized spacial score (nSPS) is 28.9. The Bertz CT molecular complexity index is 1060. The van der Waals surface area contributed by atoms with Gasteiger partial charge in [0.2, 0.25) is 11.8 Å². The second kappa shape index (κ2) is 14.6. The van der Waals surface area contributed by atoms with Gasteiger partial charge < -0.3 is 34.6 Å². The lowest BCUT2D eigenvalue weighted by Gasteiger charge is -2.41. The highest BCUT2D eigenvalue weighted by Gasteiger charge is 2.50. The summed E-state index contributed by atoms with van der Waals surface area (Å²) in [5.41, 5.74) is 1.25. The molecule has 2 amide bonds. The van der Waals surface area contributed by atoms with Crippen molar-refractivity contribution in [1.29, 1.82) is 0 Å². The smallest absolute Gasteiger partial charge is 0.249 e. The summed E-state index contributed by atoms with van der Waals surface area (Å²) in [7, 11) is 0. The number of nitrogens with zero attached hydrogens (tertiary/aromatic N) is 1. The maximum atomic E-state index is 13.9. The van der Waals surface area contributed by atoms with Gasteiger partial charge in [0, 0.05) is 37.4 Å². The Kier molecular flexibility index (Phi) is 11.2. The number of carbonyl (C=O) groups is 2. The van der Waals surface area contributed by atoms with Gasteiger partial charge in [0.05, 0.1) is 24.7 Å². The molecule has 2 aliphatic carbocycles. The number of hydrogen-bond acceptors (Lipinski definition) is 7. The summed E-state index contributed by atoms with van der Waals surface area (Å²) < 4.78 is 18.1. The molecule has 0 bridgehead atoms. The third-order valence-electron chi connectivity index (χ3n) is 8.83. The number of aliphatic hydroxyl groups is 2. The van der Waals surface area contributed by atoms with E-state index in [9.17, 15) is 19.8 Å². The molecule has 3 aliphatic rings. The predicted octanol–water partition coefficient (Wildman–Crippen LogP) is 3.04. The molecule has 0 radical (unpaired) electrons. The molecule has 7 atom stereocenters. The molecule has 0 aromatic heterocycles. The Morgan fingerprint density at radius 3 is 2.73 bits per heavy atom. The van der Waals surface area contributed by atoms with Gasteiger partial charge in [0.15, 0.2) is 0 Å². The molecule has 228 valence electrons. The summed E-state index contributed by atoms with van der Waals surface area (Å²) >= 11 is 0. The van der Waals surface area contributed by atoms with E-state index in [2.05, 4.69) is 26.1 Å². The molecule has 9 nitrogen and oxygen atoms in total. The summed E-state index contributed by atoms with van der Waals surface area (Å²) in [5, 5.41) is 23.7. The Balaban J connectivity index is 1.60. The first-order valence-corrected chi connectivity index (χ1v) is 15.3. The van der Waals surface area contributed by atoms with Crippen LogP contribution in [0.15, 0.2) is 35.9 Å². The number of ether oxygens (including phenoxy) is 3. The van der Waals surface area contributed by atoms with E-state index in [0.717, 1.165) is 18.4 Å². The molecular formula is C32H48N2O7. The van der Waals surface area contributed by atoms with Gasteiger partial charge in [-0.25, -0.2) is 0 Å². The average molecular weight is 573 g/mol. The number of aliphatic hydroxyl groups excluding tert-OH is 2. The van der Waals surface area contributed by atoms with Crippen LogP contribution in [-0.2, 0) is 19.1 Å². The quantitative estimate of drug-likeness (QED) is 0.311. The molecule has 1 fully saturated rings. The molecule has 0 saturated heterocycles. The van der Waals surface area contributed by atoms with E-state index in [1.165, 1.54) is 6.42 Å². The van der Waals surface area contributed by atoms with E-state index < -0.39 is 24.2 Å². The van der Waals surface area contributed by atoms with Crippen LogP contribution < -0.4 is 10.1 Å². The van der Waals surface area contributed by atoms with Gasteiger partial charge in [-0.3, -0.25) is 9.59 Å². The van der Waals surface area contributed by atoms with E-state index >= 15 is 0 Å². The molecule has 9 heteroatoms. The molecule has 3 N–H and O–H groups in total. The van der Waals surface area contributed by atoms with Crippen LogP contribution in [-0.4, -0.2) is 90.8 Å². The number of fused-ring (bicyclic) bond motifs is 3. The van der Waals surface area contributed by atoms with Crippen molar-refractivity contribution >= 4 is 11.8 Å². The largest absolute Gasteiger partial charge is 0.486 e. The molecule has 1 saturated carbocycles. The standard InChI is InChI=1S/C32H48N2O7/c1-5-39-16-8-14-34(28(36)19-40-27-17-21(4)11-12-22(27)20(2)3)25-18-24(32(38)33-13-15-35)29-23-9-6-7-10-26(23)41-31(29)30(25)37/h6-7,9-10,18,20-22,25,27,29-31,35,37H,5,8,11-17,19H2,1-4H3,(H,33,38)/t21-,22+,25+,27-,29-,30-,31-/m0/s1. The Hall–Kier alpha value is -2.46. The minimum Gasteiger partial charge on any atom is -0.486 e. The number of nitrogens with one attached hydrogen (secondary N) is 1. The Morgan fingerprint density at radius 2 is 2.00 bits per heavy atom. The first-order chi connectivity index (χ1) is 19.8. The number of rotatable bonds is 13. The minimum absolute atomic E-state index is 0.0108. The number of para-hydroxylation sites is 1. The van der Waals surface area contributed by atoms with Crippen LogP contribution >= 0.6 is 0 Å². The van der Waals surface area contributed by atoms with Crippen LogP contribution in [0.1, 0.15) is 64.9 Å². The van der Waals surface area contributed by atoms with Crippen molar-refractivity contribution in [2.24, 2.45) is 17.8 Å². The molecule has 1 aromatic carbocycles. The minimum atomic E-state index is -1.06. The highest BCUT2D eigenvalue weighted by atomic mass is 16.5. The first-order valence-electron chi connectivity index (χ1n) is 15.3. The van der Waals surface area contributed by atoms with E-state index in [-0.39, 0.29) is 37.7 Å². The van der Waals surface area contributed by atoms with Crippen molar-refractivity contribution in [1.82, 2.24) is 10.2 Å². The fourth-order valence-corrected chi connectivity index (χ4v) is 6.68. The van der Waals surface area contributed by atoms with Gasteiger partial charge in [-0.05, 0) is 56.1 Å². The maximum absolute atomic E-state index is 13.9. The molecule has 4 rings (SSSR count). The summed E-state index contributed by atoms with van der Waals surface area (Å²) in [5.74, 6) is 0.972. The average Bonchev–Trinajstić information content (AvgIpc) is 3.35. The lowest BCUT2D eigenvalue weighted by atomic mass is 9.75. The molecule has 41 heavy (non-hydrogen) atoms. The lowest BCUT2D eigenvalue weighted by Crippen LogP contribution is -2.56. The van der Waals surface area contributed by atoms with E-state index in [4.69, 9.17) is 14.2 Å². The number of benzene rings is 1. The van der Waals surface area contributed by atoms with E-state index in [1.54, 1.807) is 11.0 Å². The molecule has 0 unspecified atom stereocenters. The summed E-state index contributed by atoms with van der Waals surface area (Å²) in [6.45, 7) is 9.78. The van der Waals surface area contributed by atoms with Crippen LogP contribution in [0.5, 0.6) is 5.75 Å². The fraction of sp³-hybridized carbons (Fsp3) is 0.688. The number of amides is 2. The summed E-state index contributed by atoms with van der Waals surface area (Å²) in [6.07, 6.45) is 3.70. The van der Waals surface area contributed by atoms with Crippen molar-refractivity contribution in [3.63, 3.8) is 0 Å². The lowest BCUT2D eigenvalue weighted by molar-refractivity contribution is -0.147. The van der Waals surface area contributed by atoms with E-state index in [1.807, 2.05) is 31.2 Å². The van der Waals surface area contributed by atoms with Gasteiger partial charge in [-0.15, -0.1) is 0 Å². The van der Waals surface area contributed by atoms with Crippen molar-refractivity contribution in [3.8, 4) is 5.75 Å². The molecule has 0 spiro atoms. The SMILES string of the molecule is CCOCCCN(C(=O)CO[C@H]1C[C@@H](C)CC[C@@H]1C(C)C)[C@@H]1C=C(C(=O)NCCO)[C@@H]2c3ccccc3O[C@@H]2[C@H]1O. The second-order valence-corrected chi connectivity index (χ2v) is 12.0. The van der Waals surface area contributed by atoms with Crippen molar-refractivity contribution < 1.29 is 34.0 Å². The van der Waals surface area contributed by atoms with Crippen LogP contribution in [0.25, 0.3) is 0 Å².